The molecule has 3 heterocycles. The number of aliphatic imine (C=N–C) groups is 1. The van der Waals surface area contributed by atoms with Gasteiger partial charge in [0.05, 0.1) is 6.04 Å². The van der Waals surface area contributed by atoms with Crippen molar-refractivity contribution in [2.24, 2.45) is 4.99 Å². The molecule has 0 aliphatic carbocycles. The number of nitrogens with one attached hydrogen (secondary N) is 2. The Bertz CT molecular complexity index is 627. The maximum Gasteiger partial charge on any atom is 0.224 e. The molecule has 2 N–H and O–H groups in total. The lowest BCUT2D eigenvalue weighted by atomic mass is 10.0. The molecule has 7 heteroatoms. The zero-order valence-corrected chi connectivity index (χ0v) is 18.1. The van der Waals surface area contributed by atoms with Gasteiger partial charge in [-0.2, -0.15) is 0 Å². The minimum Gasteiger partial charge on any atom is -0.356 e. The number of likely N-dealkylation sites (tertiary alicyclic amines) is 2. The molecule has 2 saturated heterocycles. The van der Waals surface area contributed by atoms with Gasteiger partial charge in [0.1, 0.15) is 0 Å². The average molecular weight is 406 g/mol. The van der Waals surface area contributed by atoms with Crippen LogP contribution in [0, 0.1) is 0 Å². The molecule has 2 fully saturated rings. The van der Waals surface area contributed by atoms with Gasteiger partial charge in [0.2, 0.25) is 5.91 Å². The Morgan fingerprint density at radius 3 is 2.71 bits per heavy atom. The van der Waals surface area contributed by atoms with Crippen molar-refractivity contribution in [2.45, 2.75) is 57.5 Å². The fourth-order valence-electron chi connectivity index (χ4n) is 4.26. The molecule has 1 aromatic rings. The quantitative estimate of drug-likeness (QED) is 0.541. The molecule has 2 aliphatic heterocycles. The Balaban J connectivity index is 1.45. The summed E-state index contributed by atoms with van der Waals surface area (Å²) < 4.78 is 0. The molecule has 2 atom stereocenters. The number of thiophene rings is 1. The molecular formula is C21H35N5OS. The Labute approximate surface area is 173 Å². The van der Waals surface area contributed by atoms with Crippen LogP contribution < -0.4 is 10.6 Å². The second-order valence-electron chi connectivity index (χ2n) is 7.84. The van der Waals surface area contributed by atoms with Crippen molar-refractivity contribution in [3.8, 4) is 0 Å². The van der Waals surface area contributed by atoms with Crippen molar-refractivity contribution >= 4 is 23.2 Å². The van der Waals surface area contributed by atoms with Gasteiger partial charge in [-0.15, -0.1) is 11.3 Å². The lowest BCUT2D eigenvalue weighted by Crippen LogP contribution is -2.45. The molecule has 1 aromatic heterocycles. The molecule has 6 nitrogen and oxygen atoms in total. The summed E-state index contributed by atoms with van der Waals surface area (Å²) in [5.74, 6) is 1.03. The molecule has 0 spiro atoms. The number of carbonyl (C=O) groups excluding carboxylic acids is 1. The van der Waals surface area contributed by atoms with E-state index in [1.807, 2.05) is 16.2 Å². The van der Waals surface area contributed by atoms with Crippen molar-refractivity contribution in [1.82, 2.24) is 20.4 Å². The van der Waals surface area contributed by atoms with Crippen molar-refractivity contribution in [2.75, 3.05) is 39.8 Å². The van der Waals surface area contributed by atoms with E-state index in [1.54, 1.807) is 7.05 Å². The van der Waals surface area contributed by atoms with Crippen molar-refractivity contribution in [1.29, 1.82) is 0 Å². The Morgan fingerprint density at radius 2 is 2.04 bits per heavy atom. The van der Waals surface area contributed by atoms with Gasteiger partial charge in [-0.1, -0.05) is 6.07 Å². The maximum absolute atomic E-state index is 12.5. The molecule has 0 radical (unpaired) electrons. The van der Waals surface area contributed by atoms with Crippen LogP contribution in [0.15, 0.2) is 22.5 Å². The van der Waals surface area contributed by atoms with Gasteiger partial charge in [-0.3, -0.25) is 14.7 Å². The fourth-order valence-corrected chi connectivity index (χ4v) is 5.12. The van der Waals surface area contributed by atoms with Crippen LogP contribution in [0.4, 0.5) is 0 Å². The summed E-state index contributed by atoms with van der Waals surface area (Å²) in [6, 6.07) is 5.12. The molecule has 2 unspecified atom stereocenters. The predicted molar refractivity (Wildman–Crippen MR) is 117 cm³/mol. The van der Waals surface area contributed by atoms with Crippen molar-refractivity contribution in [3.63, 3.8) is 0 Å². The highest BCUT2D eigenvalue weighted by Crippen LogP contribution is 2.27. The summed E-state index contributed by atoms with van der Waals surface area (Å²) in [6.07, 6.45) is 6.59. The molecule has 0 bridgehead atoms. The van der Waals surface area contributed by atoms with Gasteiger partial charge in [0, 0.05) is 44.0 Å². The summed E-state index contributed by atoms with van der Waals surface area (Å²) >= 11 is 1.82. The Hall–Kier alpha value is -1.60. The summed E-state index contributed by atoms with van der Waals surface area (Å²) in [5.41, 5.74) is 0. The molecule has 0 aromatic carbocycles. The Kier molecular flexibility index (Phi) is 8.15. The van der Waals surface area contributed by atoms with Crippen molar-refractivity contribution < 1.29 is 4.79 Å². The van der Waals surface area contributed by atoms with E-state index in [-0.39, 0.29) is 5.91 Å². The third kappa shape index (κ3) is 5.70. The van der Waals surface area contributed by atoms with Crippen LogP contribution in [0.1, 0.15) is 56.4 Å². The standard InChI is InChI=1S/C21H35N5OS/c1-17-8-3-4-14-26(17)20(27)10-11-23-21(22-2)24-16-18(19-9-7-15-28-19)25-12-5-6-13-25/h7,9,15,17-18H,3-6,8,10-14,16H2,1-2H3,(H2,22,23,24). The van der Waals surface area contributed by atoms with E-state index in [4.69, 9.17) is 0 Å². The first-order valence-corrected chi connectivity index (χ1v) is 11.6. The molecule has 156 valence electrons. The van der Waals surface area contributed by atoms with Crippen LogP contribution in [0.5, 0.6) is 0 Å². The first-order chi connectivity index (χ1) is 13.7. The second kappa shape index (κ2) is 10.8. The molecule has 0 saturated carbocycles. The predicted octanol–water partition coefficient (Wildman–Crippen LogP) is 2.84. The third-order valence-electron chi connectivity index (χ3n) is 5.89. The largest absolute Gasteiger partial charge is 0.356 e. The minimum absolute atomic E-state index is 0.253. The van der Waals surface area contributed by atoms with Crippen LogP contribution in [-0.4, -0.2) is 67.5 Å². The summed E-state index contributed by atoms with van der Waals surface area (Å²) in [7, 11) is 1.79. The van der Waals surface area contributed by atoms with Crippen LogP contribution in [0.3, 0.4) is 0 Å². The van der Waals surface area contributed by atoms with Gasteiger partial charge in [-0.25, -0.2) is 0 Å². The van der Waals surface area contributed by atoms with Crippen LogP contribution in [-0.2, 0) is 4.79 Å². The molecule has 1 amide bonds. The number of guanidine groups is 1. The number of piperidine rings is 1. The van der Waals surface area contributed by atoms with Crippen LogP contribution in [0.2, 0.25) is 0 Å². The van der Waals surface area contributed by atoms with E-state index in [0.717, 1.165) is 31.9 Å². The average Bonchev–Trinajstić information content (AvgIpc) is 3.41. The number of hydrogen-bond donors (Lipinski definition) is 2. The van der Waals surface area contributed by atoms with E-state index in [0.29, 0.717) is 25.0 Å². The number of hydrogen-bond acceptors (Lipinski definition) is 4. The van der Waals surface area contributed by atoms with E-state index in [1.165, 1.54) is 37.2 Å². The van der Waals surface area contributed by atoms with E-state index in [9.17, 15) is 4.79 Å². The third-order valence-corrected chi connectivity index (χ3v) is 6.87. The number of nitrogens with zero attached hydrogens (tertiary/aromatic N) is 3. The number of carbonyl (C=O) groups is 1. The van der Waals surface area contributed by atoms with Gasteiger partial charge in [0.15, 0.2) is 5.96 Å². The molecule has 2 aliphatic rings. The topological polar surface area (TPSA) is 60.0 Å². The highest BCUT2D eigenvalue weighted by molar-refractivity contribution is 7.10. The SMILES string of the molecule is CN=C(NCCC(=O)N1CCCCC1C)NCC(c1cccs1)N1CCCC1. The number of rotatable bonds is 7. The first kappa shape index (κ1) is 21.1. The van der Waals surface area contributed by atoms with E-state index < -0.39 is 0 Å². The lowest BCUT2D eigenvalue weighted by Gasteiger charge is -2.33. The maximum atomic E-state index is 12.5. The van der Waals surface area contributed by atoms with E-state index in [2.05, 4.69) is 45.0 Å². The summed E-state index contributed by atoms with van der Waals surface area (Å²) in [6.45, 7) is 6.85. The van der Waals surface area contributed by atoms with Crippen LogP contribution >= 0.6 is 11.3 Å². The second-order valence-corrected chi connectivity index (χ2v) is 8.82. The van der Waals surface area contributed by atoms with Gasteiger partial charge in [-0.05, 0) is 63.6 Å². The lowest BCUT2D eigenvalue weighted by molar-refractivity contribution is -0.134. The molecule has 28 heavy (non-hydrogen) atoms. The van der Waals surface area contributed by atoms with Crippen molar-refractivity contribution in [3.05, 3.63) is 22.4 Å². The normalized spacial score (nSPS) is 22.3. The first-order valence-electron chi connectivity index (χ1n) is 10.7. The highest BCUT2D eigenvalue weighted by atomic mass is 32.1. The van der Waals surface area contributed by atoms with Gasteiger partial charge in [0.25, 0.3) is 0 Å². The zero-order chi connectivity index (χ0) is 19.8. The van der Waals surface area contributed by atoms with Gasteiger partial charge < -0.3 is 15.5 Å². The monoisotopic (exact) mass is 405 g/mol. The number of amides is 1. The van der Waals surface area contributed by atoms with Gasteiger partial charge >= 0.3 is 0 Å². The Morgan fingerprint density at radius 1 is 1.25 bits per heavy atom. The zero-order valence-electron chi connectivity index (χ0n) is 17.3. The summed E-state index contributed by atoms with van der Waals surface area (Å²) in [4.78, 5) is 22.8. The molecule has 3 rings (SSSR count). The fraction of sp³-hybridized carbons (Fsp3) is 0.714. The smallest absolute Gasteiger partial charge is 0.224 e. The molecular weight excluding hydrogens is 370 g/mol. The minimum atomic E-state index is 0.253. The highest BCUT2D eigenvalue weighted by Gasteiger charge is 2.25. The van der Waals surface area contributed by atoms with E-state index >= 15 is 0 Å². The van der Waals surface area contributed by atoms with Crippen LogP contribution in [0.25, 0.3) is 0 Å². The summed E-state index contributed by atoms with van der Waals surface area (Å²) in [5, 5.41) is 8.95.